The molecule has 2 aromatic rings. The van der Waals surface area contributed by atoms with Crippen LogP contribution < -0.4 is 0 Å². The molecule has 0 amide bonds. The molecule has 130 valence electrons. The molecule has 25 heavy (non-hydrogen) atoms. The normalized spacial score (nSPS) is 25.2. The van der Waals surface area contributed by atoms with Crippen LogP contribution >= 0.6 is 0 Å². The molecule has 2 nitrogen and oxygen atoms in total. The van der Waals surface area contributed by atoms with Crippen LogP contribution in [0.2, 0.25) is 0 Å². The first kappa shape index (κ1) is 17.7. The molecule has 0 radical (unpaired) electrons. The maximum Gasteiger partial charge on any atom is 0.0632 e. The van der Waals surface area contributed by atoms with Crippen molar-refractivity contribution in [1.29, 1.82) is 5.26 Å². The van der Waals surface area contributed by atoms with Gasteiger partial charge in [0, 0.05) is 6.42 Å². The van der Waals surface area contributed by atoms with Crippen LogP contribution in [0.3, 0.4) is 0 Å². The molecule has 0 saturated carbocycles. The lowest BCUT2D eigenvalue weighted by Gasteiger charge is -2.49. The van der Waals surface area contributed by atoms with Crippen LogP contribution in [0.5, 0.6) is 0 Å². The molecule has 0 N–H and O–H groups in total. The Morgan fingerprint density at radius 2 is 1.60 bits per heavy atom. The topological polar surface area (TPSA) is 33.0 Å². The Hall–Kier alpha value is -2.11. The van der Waals surface area contributed by atoms with Gasteiger partial charge in [-0.1, -0.05) is 60.7 Å². The van der Waals surface area contributed by atoms with Crippen molar-refractivity contribution in [3.8, 4) is 6.07 Å². The van der Waals surface area contributed by atoms with Crippen molar-refractivity contribution < 1.29 is 4.74 Å². The molecule has 3 rings (SSSR count). The first-order chi connectivity index (χ1) is 12.0. The Morgan fingerprint density at radius 1 is 1.00 bits per heavy atom. The second-order valence-electron chi connectivity index (χ2n) is 7.99. The maximum atomic E-state index is 9.62. The molecular weight excluding hydrogens is 306 g/mol. The molecule has 2 atom stereocenters. The van der Waals surface area contributed by atoms with Gasteiger partial charge in [0.1, 0.15) is 0 Å². The number of benzene rings is 2. The molecule has 0 unspecified atom stereocenters. The smallest absolute Gasteiger partial charge is 0.0632 e. The fraction of sp³-hybridized carbons (Fsp3) is 0.435. The average molecular weight is 333 g/mol. The van der Waals surface area contributed by atoms with E-state index in [1.165, 1.54) is 11.1 Å². The number of rotatable bonds is 5. The fourth-order valence-electron chi connectivity index (χ4n) is 4.36. The highest BCUT2D eigenvalue weighted by molar-refractivity contribution is 5.21. The quantitative estimate of drug-likeness (QED) is 0.754. The van der Waals surface area contributed by atoms with E-state index in [2.05, 4.69) is 80.6 Å². The predicted octanol–water partition coefficient (Wildman–Crippen LogP) is 5.19. The van der Waals surface area contributed by atoms with Gasteiger partial charge in [-0.25, -0.2) is 0 Å². The summed E-state index contributed by atoms with van der Waals surface area (Å²) in [7, 11) is 0. The van der Waals surface area contributed by atoms with Crippen LogP contribution in [-0.2, 0) is 17.6 Å². The Bertz CT molecular complexity index is 717. The first-order valence-corrected chi connectivity index (χ1v) is 9.12. The summed E-state index contributed by atoms with van der Waals surface area (Å²) >= 11 is 0. The largest absolute Gasteiger partial charge is 0.375 e. The third-order valence-electron chi connectivity index (χ3n) is 5.47. The Balaban J connectivity index is 1.93. The van der Waals surface area contributed by atoms with Crippen molar-refractivity contribution in [2.75, 3.05) is 6.61 Å². The van der Waals surface area contributed by atoms with Crippen LogP contribution in [0.4, 0.5) is 0 Å². The summed E-state index contributed by atoms with van der Waals surface area (Å²) in [6, 6.07) is 23.7. The van der Waals surface area contributed by atoms with E-state index in [1.54, 1.807) is 0 Å². The summed E-state index contributed by atoms with van der Waals surface area (Å²) in [6.07, 6.45) is 3.39. The van der Waals surface area contributed by atoms with E-state index in [0.29, 0.717) is 12.3 Å². The lowest BCUT2D eigenvalue weighted by Crippen LogP contribution is -2.49. The highest BCUT2D eigenvalue weighted by Crippen LogP contribution is 2.48. The van der Waals surface area contributed by atoms with Crippen molar-refractivity contribution in [2.45, 2.75) is 45.1 Å². The van der Waals surface area contributed by atoms with E-state index in [1.807, 2.05) is 0 Å². The molecule has 1 aliphatic heterocycles. The average Bonchev–Trinajstić information content (AvgIpc) is 2.59. The monoisotopic (exact) mass is 333 g/mol. The second-order valence-corrected chi connectivity index (χ2v) is 7.99. The van der Waals surface area contributed by atoms with Gasteiger partial charge < -0.3 is 4.74 Å². The zero-order valence-electron chi connectivity index (χ0n) is 15.2. The predicted molar refractivity (Wildman–Crippen MR) is 101 cm³/mol. The van der Waals surface area contributed by atoms with E-state index in [-0.39, 0.29) is 11.0 Å². The fourth-order valence-corrected chi connectivity index (χ4v) is 4.36. The van der Waals surface area contributed by atoms with Crippen molar-refractivity contribution >= 4 is 0 Å². The van der Waals surface area contributed by atoms with Crippen molar-refractivity contribution in [2.24, 2.45) is 11.3 Å². The molecule has 0 bridgehead atoms. The Labute approximate surface area is 151 Å². The molecule has 1 aliphatic rings. The first-order valence-electron chi connectivity index (χ1n) is 9.12. The standard InChI is InChI=1S/C23H27NO/c1-22(2)18-23(13-14-24,16-20-11-7-4-8-12-20)21(17-25-22)15-19-9-5-3-6-10-19/h3-12,21H,13,15-18H2,1-2H3/t21-,23-/m1/s1. The van der Waals surface area contributed by atoms with Crippen molar-refractivity contribution in [3.05, 3.63) is 71.8 Å². The molecule has 2 aromatic carbocycles. The van der Waals surface area contributed by atoms with Crippen LogP contribution in [0.1, 0.15) is 37.8 Å². The van der Waals surface area contributed by atoms with Crippen LogP contribution in [0, 0.1) is 22.7 Å². The minimum absolute atomic E-state index is 0.0479. The van der Waals surface area contributed by atoms with Gasteiger partial charge in [0.25, 0.3) is 0 Å². The van der Waals surface area contributed by atoms with E-state index >= 15 is 0 Å². The third-order valence-corrected chi connectivity index (χ3v) is 5.47. The van der Waals surface area contributed by atoms with Crippen molar-refractivity contribution in [1.82, 2.24) is 0 Å². The SMILES string of the molecule is CC1(C)C[C@@](CC#N)(Cc2ccccc2)[C@H](Cc2ccccc2)CO1. The van der Waals surface area contributed by atoms with Gasteiger partial charge in [-0.15, -0.1) is 0 Å². The maximum absolute atomic E-state index is 9.62. The van der Waals surface area contributed by atoms with Gasteiger partial charge in [0.05, 0.1) is 18.3 Å². The molecule has 0 spiro atoms. The molecule has 1 heterocycles. The van der Waals surface area contributed by atoms with E-state index in [4.69, 9.17) is 4.74 Å². The molecular formula is C23H27NO. The van der Waals surface area contributed by atoms with Gasteiger partial charge in [-0.05, 0) is 55.6 Å². The highest BCUT2D eigenvalue weighted by atomic mass is 16.5. The number of ether oxygens (including phenoxy) is 1. The molecule has 1 saturated heterocycles. The zero-order chi connectivity index (χ0) is 17.8. The van der Waals surface area contributed by atoms with Gasteiger partial charge in [-0.3, -0.25) is 0 Å². The van der Waals surface area contributed by atoms with Crippen LogP contribution in [0.25, 0.3) is 0 Å². The zero-order valence-corrected chi connectivity index (χ0v) is 15.2. The minimum atomic E-state index is -0.182. The summed E-state index contributed by atoms with van der Waals surface area (Å²) in [5.41, 5.74) is 2.41. The summed E-state index contributed by atoms with van der Waals surface area (Å²) in [5.74, 6) is 0.350. The second kappa shape index (κ2) is 7.42. The number of hydrogen-bond acceptors (Lipinski definition) is 2. The molecule has 2 heteroatoms. The highest BCUT2D eigenvalue weighted by Gasteiger charge is 2.47. The van der Waals surface area contributed by atoms with Crippen molar-refractivity contribution in [3.63, 3.8) is 0 Å². The van der Waals surface area contributed by atoms with E-state index < -0.39 is 0 Å². The van der Waals surface area contributed by atoms with Gasteiger partial charge in [-0.2, -0.15) is 5.26 Å². The molecule has 1 fully saturated rings. The summed E-state index contributed by atoms with van der Waals surface area (Å²) in [6.45, 7) is 5.03. The summed E-state index contributed by atoms with van der Waals surface area (Å²) in [4.78, 5) is 0. The third kappa shape index (κ3) is 4.30. The van der Waals surface area contributed by atoms with Gasteiger partial charge in [0.2, 0.25) is 0 Å². The summed E-state index contributed by atoms with van der Waals surface area (Å²) < 4.78 is 6.18. The number of hydrogen-bond donors (Lipinski definition) is 0. The number of nitrogens with zero attached hydrogens (tertiary/aromatic N) is 1. The molecule has 0 aromatic heterocycles. The van der Waals surface area contributed by atoms with Crippen LogP contribution in [-0.4, -0.2) is 12.2 Å². The summed E-state index contributed by atoms with van der Waals surface area (Å²) in [5, 5.41) is 9.62. The molecule has 0 aliphatic carbocycles. The lowest BCUT2D eigenvalue weighted by atomic mass is 9.61. The number of nitriles is 1. The van der Waals surface area contributed by atoms with Gasteiger partial charge >= 0.3 is 0 Å². The van der Waals surface area contributed by atoms with E-state index in [9.17, 15) is 5.26 Å². The van der Waals surface area contributed by atoms with E-state index in [0.717, 1.165) is 25.9 Å². The minimum Gasteiger partial charge on any atom is -0.375 e. The Morgan fingerprint density at radius 3 is 2.20 bits per heavy atom. The van der Waals surface area contributed by atoms with Crippen LogP contribution in [0.15, 0.2) is 60.7 Å². The lowest BCUT2D eigenvalue weighted by molar-refractivity contribution is -0.139. The Kier molecular flexibility index (Phi) is 5.25. The van der Waals surface area contributed by atoms with Gasteiger partial charge in [0.15, 0.2) is 0 Å².